The summed E-state index contributed by atoms with van der Waals surface area (Å²) < 4.78 is 68.7. The van der Waals surface area contributed by atoms with Crippen LogP contribution in [-0.2, 0) is 22.7 Å². The molecule has 1 fully saturated rings. The van der Waals surface area contributed by atoms with E-state index in [-0.39, 0.29) is 40.0 Å². The monoisotopic (exact) mass is 474 g/mol. The Balaban J connectivity index is 1.49. The molecule has 9 heteroatoms. The molecule has 2 unspecified atom stereocenters. The molecule has 0 N–H and O–H groups in total. The van der Waals surface area contributed by atoms with Crippen LogP contribution in [0, 0.1) is 5.92 Å². The van der Waals surface area contributed by atoms with Gasteiger partial charge in [0.1, 0.15) is 0 Å². The van der Waals surface area contributed by atoms with Crippen LogP contribution in [-0.4, -0.2) is 30.4 Å². The molecule has 0 radical (unpaired) electrons. The summed E-state index contributed by atoms with van der Waals surface area (Å²) in [6, 6.07) is 16.3. The number of nitrogens with zero attached hydrogens (tertiary/aromatic N) is 2. The van der Waals surface area contributed by atoms with E-state index in [9.17, 15) is 26.4 Å². The van der Waals surface area contributed by atoms with E-state index in [0.29, 0.717) is 13.1 Å². The number of hydrogen-bond donors (Lipinski definition) is 0. The predicted octanol–water partition coefficient (Wildman–Crippen LogP) is 4.34. The van der Waals surface area contributed by atoms with Crippen LogP contribution in [0.4, 0.5) is 13.2 Å². The molecule has 1 saturated heterocycles. The topological polar surface area (TPSA) is 59.4 Å². The second-order valence-electron chi connectivity index (χ2n) is 8.60. The van der Waals surface area contributed by atoms with Crippen molar-refractivity contribution in [2.75, 3.05) is 13.1 Å². The van der Waals surface area contributed by atoms with Crippen molar-refractivity contribution >= 4 is 10.0 Å². The molecule has 0 spiro atoms. The van der Waals surface area contributed by atoms with E-state index in [1.807, 2.05) is 0 Å². The van der Waals surface area contributed by atoms with Crippen LogP contribution < -0.4 is 5.56 Å². The molecule has 172 valence electrons. The molecular weight excluding hydrogens is 453 g/mol. The van der Waals surface area contributed by atoms with Crippen molar-refractivity contribution in [2.24, 2.45) is 5.92 Å². The molecule has 0 saturated carbocycles. The SMILES string of the molecule is O=c1c(-c2cccc(C(F)(F)F)c2)ccc2n1CC1CC2CN(S(=O)(=O)c2ccccc2)C1. The van der Waals surface area contributed by atoms with Crippen LogP contribution in [0.2, 0.25) is 0 Å². The van der Waals surface area contributed by atoms with Gasteiger partial charge in [-0.1, -0.05) is 30.3 Å². The summed E-state index contributed by atoms with van der Waals surface area (Å²) >= 11 is 0. The Bertz CT molecular complexity index is 1370. The van der Waals surface area contributed by atoms with E-state index in [0.717, 1.165) is 24.2 Å². The molecule has 33 heavy (non-hydrogen) atoms. The molecule has 2 aromatic carbocycles. The summed E-state index contributed by atoms with van der Waals surface area (Å²) in [5.41, 5.74) is -0.00527. The first-order valence-electron chi connectivity index (χ1n) is 10.6. The van der Waals surface area contributed by atoms with Crippen molar-refractivity contribution < 1.29 is 21.6 Å². The molecule has 2 atom stereocenters. The van der Waals surface area contributed by atoms with E-state index < -0.39 is 21.8 Å². The third-order valence-electron chi connectivity index (χ3n) is 6.45. The highest BCUT2D eigenvalue weighted by Gasteiger charge is 2.40. The number of aromatic nitrogens is 1. The third kappa shape index (κ3) is 3.89. The predicted molar refractivity (Wildman–Crippen MR) is 117 cm³/mol. The van der Waals surface area contributed by atoms with E-state index in [4.69, 9.17) is 0 Å². The van der Waals surface area contributed by atoms with Crippen LogP contribution in [0.15, 0.2) is 76.4 Å². The van der Waals surface area contributed by atoms with Crippen molar-refractivity contribution in [2.45, 2.75) is 30.0 Å². The molecule has 5 nitrogen and oxygen atoms in total. The van der Waals surface area contributed by atoms with Crippen molar-refractivity contribution in [1.29, 1.82) is 0 Å². The Morgan fingerprint density at radius 2 is 1.64 bits per heavy atom. The highest BCUT2D eigenvalue weighted by atomic mass is 32.2. The zero-order valence-electron chi connectivity index (χ0n) is 17.5. The van der Waals surface area contributed by atoms with Gasteiger partial charge in [0.25, 0.3) is 5.56 Å². The van der Waals surface area contributed by atoms with Crippen molar-refractivity contribution in [3.63, 3.8) is 0 Å². The first kappa shape index (κ1) is 21.9. The summed E-state index contributed by atoms with van der Waals surface area (Å²) in [5.74, 6) is -0.205. The molecule has 0 amide bonds. The van der Waals surface area contributed by atoms with Gasteiger partial charge in [-0.15, -0.1) is 0 Å². The number of halogens is 3. The number of sulfonamides is 1. The highest BCUT2D eigenvalue weighted by molar-refractivity contribution is 7.89. The number of rotatable bonds is 3. The molecule has 3 aromatic rings. The maximum atomic E-state index is 13.3. The molecule has 2 aliphatic heterocycles. The number of piperidine rings is 1. The fraction of sp³-hybridized carbons (Fsp3) is 0.292. The Labute approximate surface area is 189 Å². The molecule has 0 aliphatic carbocycles. The van der Waals surface area contributed by atoms with Crippen LogP contribution in [0.25, 0.3) is 11.1 Å². The van der Waals surface area contributed by atoms with Gasteiger partial charge in [0.05, 0.1) is 10.5 Å². The molecule has 3 heterocycles. The van der Waals surface area contributed by atoms with Gasteiger partial charge >= 0.3 is 6.18 Å². The number of hydrogen-bond acceptors (Lipinski definition) is 3. The summed E-state index contributed by atoms with van der Waals surface area (Å²) in [6.45, 7) is 0.891. The second kappa shape index (κ2) is 7.85. The first-order chi connectivity index (χ1) is 15.6. The van der Waals surface area contributed by atoms with E-state index in [2.05, 4.69) is 0 Å². The van der Waals surface area contributed by atoms with Gasteiger partial charge in [0.2, 0.25) is 10.0 Å². The lowest BCUT2D eigenvalue weighted by Crippen LogP contribution is -2.49. The quantitative estimate of drug-likeness (QED) is 0.568. The Morgan fingerprint density at radius 1 is 0.879 bits per heavy atom. The Morgan fingerprint density at radius 3 is 2.36 bits per heavy atom. The van der Waals surface area contributed by atoms with Gasteiger partial charge in [0.15, 0.2) is 0 Å². The zero-order chi connectivity index (χ0) is 23.4. The minimum absolute atomic E-state index is 0.0517. The number of pyridine rings is 1. The highest BCUT2D eigenvalue weighted by Crippen LogP contribution is 2.38. The summed E-state index contributed by atoms with van der Waals surface area (Å²) in [7, 11) is -3.65. The molecule has 5 rings (SSSR count). The smallest absolute Gasteiger partial charge is 0.311 e. The standard InChI is InChI=1S/C24H21F3N2O3S/c25-24(26,27)19-6-4-5-17(12-19)21-9-10-22-18-11-16(14-29(22)23(21)30)13-28(15-18)33(31,32)20-7-2-1-3-8-20/h1-10,12,16,18H,11,13-15H2. The lowest BCUT2D eigenvalue weighted by atomic mass is 9.84. The number of benzene rings is 2. The van der Waals surface area contributed by atoms with Gasteiger partial charge in [0, 0.05) is 36.8 Å². The average molecular weight is 475 g/mol. The first-order valence-corrected chi connectivity index (χ1v) is 12.0. The Hall–Kier alpha value is -2.91. The van der Waals surface area contributed by atoms with Gasteiger partial charge in [-0.05, 0) is 54.3 Å². The lowest BCUT2D eigenvalue weighted by Gasteiger charge is -2.42. The van der Waals surface area contributed by atoms with Gasteiger partial charge in [-0.3, -0.25) is 4.79 Å². The normalized spacial score (nSPS) is 20.9. The molecule has 2 bridgehead atoms. The van der Waals surface area contributed by atoms with Gasteiger partial charge in [-0.25, -0.2) is 8.42 Å². The number of alkyl halides is 3. The minimum Gasteiger partial charge on any atom is -0.311 e. The second-order valence-corrected chi connectivity index (χ2v) is 10.5. The molecular formula is C24H21F3N2O3S. The average Bonchev–Trinajstić information content (AvgIpc) is 2.80. The summed E-state index contributed by atoms with van der Waals surface area (Å²) in [6.07, 6.45) is -3.73. The van der Waals surface area contributed by atoms with Crippen molar-refractivity contribution in [3.05, 3.63) is 88.3 Å². The number of fused-ring (bicyclic) bond motifs is 4. The van der Waals surface area contributed by atoms with E-state index in [1.165, 1.54) is 16.4 Å². The van der Waals surface area contributed by atoms with Crippen LogP contribution in [0.1, 0.15) is 23.6 Å². The van der Waals surface area contributed by atoms with Crippen molar-refractivity contribution in [1.82, 2.24) is 8.87 Å². The van der Waals surface area contributed by atoms with Crippen LogP contribution in [0.3, 0.4) is 0 Å². The lowest BCUT2D eigenvalue weighted by molar-refractivity contribution is -0.137. The van der Waals surface area contributed by atoms with E-state index in [1.54, 1.807) is 47.0 Å². The van der Waals surface area contributed by atoms with Crippen LogP contribution in [0.5, 0.6) is 0 Å². The maximum absolute atomic E-state index is 13.3. The molecule has 1 aromatic heterocycles. The Kier molecular flexibility index (Phi) is 5.21. The summed E-state index contributed by atoms with van der Waals surface area (Å²) in [5, 5.41) is 0. The van der Waals surface area contributed by atoms with Crippen molar-refractivity contribution in [3.8, 4) is 11.1 Å². The minimum atomic E-state index is -4.49. The molecule has 2 aliphatic rings. The van der Waals surface area contributed by atoms with Crippen LogP contribution >= 0.6 is 0 Å². The fourth-order valence-corrected chi connectivity index (χ4v) is 6.50. The maximum Gasteiger partial charge on any atom is 0.416 e. The van der Waals surface area contributed by atoms with Gasteiger partial charge < -0.3 is 4.57 Å². The summed E-state index contributed by atoms with van der Waals surface area (Å²) in [4.78, 5) is 13.5. The largest absolute Gasteiger partial charge is 0.416 e. The van der Waals surface area contributed by atoms with E-state index >= 15 is 0 Å². The third-order valence-corrected chi connectivity index (χ3v) is 8.30. The fourth-order valence-electron chi connectivity index (χ4n) is 4.92. The van der Waals surface area contributed by atoms with Gasteiger partial charge in [-0.2, -0.15) is 17.5 Å². The zero-order valence-corrected chi connectivity index (χ0v) is 18.3.